The molecule has 1 unspecified atom stereocenters. The van der Waals surface area contributed by atoms with Crippen molar-refractivity contribution < 1.29 is 4.74 Å². The molecule has 2 rings (SSSR count). The molecule has 0 saturated heterocycles. The van der Waals surface area contributed by atoms with Crippen LogP contribution in [0.25, 0.3) is 0 Å². The quantitative estimate of drug-likeness (QED) is 0.672. The van der Waals surface area contributed by atoms with Gasteiger partial charge in [0.1, 0.15) is 5.75 Å². The monoisotopic (exact) mass is 325 g/mol. The smallest absolute Gasteiger partial charge is 0.119 e. The maximum Gasteiger partial charge on any atom is 0.119 e. The van der Waals surface area contributed by atoms with Gasteiger partial charge in [-0.1, -0.05) is 42.0 Å². The molecule has 0 aromatic heterocycles. The Labute approximate surface area is 147 Å². The zero-order chi connectivity index (χ0) is 17.5. The van der Waals surface area contributed by atoms with Crippen LogP contribution < -0.4 is 4.74 Å². The number of rotatable bonds is 8. The standard InChI is InChI=1S/C22H31NO/c1-17(2)24-22-11-7-10-20(16-22)21(12-13-23(4)5)15-19-9-6-8-18(3)14-19/h6-11,14,16-17,21H,12-13,15H2,1-5H3. The van der Waals surface area contributed by atoms with Gasteiger partial charge in [-0.2, -0.15) is 0 Å². The van der Waals surface area contributed by atoms with Crippen LogP contribution in [0.5, 0.6) is 5.75 Å². The highest BCUT2D eigenvalue weighted by Crippen LogP contribution is 2.28. The predicted molar refractivity (Wildman–Crippen MR) is 103 cm³/mol. The SMILES string of the molecule is Cc1cccc(CC(CCN(C)C)c2cccc(OC(C)C)c2)c1. The zero-order valence-electron chi connectivity index (χ0n) is 15.8. The molecular weight excluding hydrogens is 294 g/mol. The van der Waals surface area contributed by atoms with E-state index in [1.54, 1.807) is 0 Å². The van der Waals surface area contributed by atoms with E-state index in [4.69, 9.17) is 4.74 Å². The van der Waals surface area contributed by atoms with Crippen LogP contribution >= 0.6 is 0 Å². The molecule has 0 N–H and O–H groups in total. The van der Waals surface area contributed by atoms with Crippen molar-refractivity contribution in [1.29, 1.82) is 0 Å². The fourth-order valence-electron chi connectivity index (χ4n) is 3.04. The van der Waals surface area contributed by atoms with Crippen molar-refractivity contribution in [1.82, 2.24) is 4.90 Å². The van der Waals surface area contributed by atoms with E-state index in [1.165, 1.54) is 16.7 Å². The minimum atomic E-state index is 0.206. The summed E-state index contributed by atoms with van der Waals surface area (Å²) in [6.07, 6.45) is 2.42. The topological polar surface area (TPSA) is 12.5 Å². The lowest BCUT2D eigenvalue weighted by atomic mass is 9.88. The molecule has 2 heteroatoms. The van der Waals surface area contributed by atoms with Gasteiger partial charge in [-0.15, -0.1) is 0 Å². The van der Waals surface area contributed by atoms with Crippen LogP contribution in [-0.2, 0) is 6.42 Å². The highest BCUT2D eigenvalue weighted by Gasteiger charge is 2.14. The fraction of sp³-hybridized carbons (Fsp3) is 0.455. The van der Waals surface area contributed by atoms with Gasteiger partial charge in [-0.3, -0.25) is 0 Å². The summed E-state index contributed by atoms with van der Waals surface area (Å²) in [5.41, 5.74) is 4.11. The Kier molecular flexibility index (Phi) is 6.86. The van der Waals surface area contributed by atoms with Crippen LogP contribution in [0.3, 0.4) is 0 Å². The Morgan fingerprint density at radius 2 is 1.75 bits per heavy atom. The summed E-state index contributed by atoms with van der Waals surface area (Å²) in [7, 11) is 4.28. The van der Waals surface area contributed by atoms with Crippen LogP contribution in [0.15, 0.2) is 48.5 Å². The molecule has 2 aromatic rings. The van der Waals surface area contributed by atoms with E-state index in [0.29, 0.717) is 5.92 Å². The average molecular weight is 325 g/mol. The first-order valence-corrected chi connectivity index (χ1v) is 8.91. The number of hydrogen-bond donors (Lipinski definition) is 0. The third kappa shape index (κ3) is 6.01. The first-order chi connectivity index (χ1) is 11.4. The molecule has 0 saturated carbocycles. The van der Waals surface area contributed by atoms with E-state index in [1.807, 2.05) is 0 Å². The Bertz CT molecular complexity index is 633. The van der Waals surface area contributed by atoms with Gasteiger partial charge in [-0.05, 0) is 83.4 Å². The molecule has 0 aliphatic rings. The summed E-state index contributed by atoms with van der Waals surface area (Å²) in [5, 5.41) is 0. The van der Waals surface area contributed by atoms with Gasteiger partial charge in [0.2, 0.25) is 0 Å². The second-order valence-electron chi connectivity index (χ2n) is 7.22. The number of hydrogen-bond acceptors (Lipinski definition) is 2. The largest absolute Gasteiger partial charge is 0.491 e. The Morgan fingerprint density at radius 1 is 1.00 bits per heavy atom. The minimum Gasteiger partial charge on any atom is -0.491 e. The van der Waals surface area contributed by atoms with Gasteiger partial charge in [-0.25, -0.2) is 0 Å². The first-order valence-electron chi connectivity index (χ1n) is 8.91. The fourth-order valence-corrected chi connectivity index (χ4v) is 3.04. The maximum absolute atomic E-state index is 5.89. The van der Waals surface area contributed by atoms with E-state index in [0.717, 1.165) is 25.1 Å². The van der Waals surface area contributed by atoms with Gasteiger partial charge in [0.15, 0.2) is 0 Å². The van der Waals surface area contributed by atoms with Crippen molar-refractivity contribution in [3.8, 4) is 5.75 Å². The van der Waals surface area contributed by atoms with Gasteiger partial charge >= 0.3 is 0 Å². The summed E-state index contributed by atoms with van der Waals surface area (Å²) in [5.74, 6) is 1.48. The summed E-state index contributed by atoms with van der Waals surface area (Å²) >= 11 is 0. The molecule has 0 fully saturated rings. The van der Waals surface area contributed by atoms with Crippen molar-refractivity contribution in [3.63, 3.8) is 0 Å². The van der Waals surface area contributed by atoms with E-state index >= 15 is 0 Å². The lowest BCUT2D eigenvalue weighted by Crippen LogP contribution is -2.17. The van der Waals surface area contributed by atoms with Crippen molar-refractivity contribution in [3.05, 3.63) is 65.2 Å². The molecule has 0 radical (unpaired) electrons. The third-order valence-electron chi connectivity index (χ3n) is 4.19. The maximum atomic E-state index is 5.89. The van der Waals surface area contributed by atoms with Crippen molar-refractivity contribution in [2.75, 3.05) is 20.6 Å². The van der Waals surface area contributed by atoms with Crippen molar-refractivity contribution in [2.45, 2.75) is 45.6 Å². The van der Waals surface area contributed by atoms with E-state index in [2.05, 4.69) is 88.3 Å². The highest BCUT2D eigenvalue weighted by atomic mass is 16.5. The Balaban J connectivity index is 2.21. The normalized spacial score (nSPS) is 12.6. The molecule has 0 spiro atoms. The summed E-state index contributed by atoms with van der Waals surface area (Å²) in [4.78, 5) is 2.26. The summed E-state index contributed by atoms with van der Waals surface area (Å²) < 4.78 is 5.89. The lowest BCUT2D eigenvalue weighted by molar-refractivity contribution is 0.242. The second-order valence-corrected chi connectivity index (χ2v) is 7.22. The van der Waals surface area contributed by atoms with Crippen LogP contribution in [0.4, 0.5) is 0 Å². The van der Waals surface area contributed by atoms with Crippen LogP contribution in [0.2, 0.25) is 0 Å². The zero-order valence-corrected chi connectivity index (χ0v) is 15.8. The molecule has 0 amide bonds. The molecule has 0 aliphatic heterocycles. The van der Waals surface area contributed by atoms with Gasteiger partial charge in [0.05, 0.1) is 6.10 Å². The third-order valence-corrected chi connectivity index (χ3v) is 4.19. The molecular formula is C22H31NO. The van der Waals surface area contributed by atoms with Crippen LogP contribution in [-0.4, -0.2) is 31.6 Å². The van der Waals surface area contributed by atoms with E-state index < -0.39 is 0 Å². The number of nitrogens with zero attached hydrogens (tertiary/aromatic N) is 1. The van der Waals surface area contributed by atoms with E-state index in [-0.39, 0.29) is 6.10 Å². The molecule has 2 aromatic carbocycles. The van der Waals surface area contributed by atoms with Crippen molar-refractivity contribution in [2.24, 2.45) is 0 Å². The van der Waals surface area contributed by atoms with Crippen molar-refractivity contribution >= 4 is 0 Å². The summed E-state index contributed by atoms with van der Waals surface area (Å²) in [6, 6.07) is 17.5. The predicted octanol–water partition coefficient (Wildman–Crippen LogP) is 5.06. The number of ether oxygens (including phenoxy) is 1. The molecule has 0 aliphatic carbocycles. The van der Waals surface area contributed by atoms with Crippen LogP contribution in [0.1, 0.15) is 42.9 Å². The van der Waals surface area contributed by atoms with E-state index in [9.17, 15) is 0 Å². The average Bonchev–Trinajstić information content (AvgIpc) is 2.51. The highest BCUT2D eigenvalue weighted by molar-refractivity contribution is 5.33. The number of benzene rings is 2. The molecule has 0 heterocycles. The van der Waals surface area contributed by atoms with Crippen LogP contribution in [0, 0.1) is 6.92 Å². The molecule has 0 bridgehead atoms. The second kappa shape index (κ2) is 8.89. The van der Waals surface area contributed by atoms with Gasteiger partial charge in [0.25, 0.3) is 0 Å². The number of aryl methyl sites for hydroxylation is 1. The molecule has 2 nitrogen and oxygen atoms in total. The molecule has 24 heavy (non-hydrogen) atoms. The molecule has 1 atom stereocenters. The minimum absolute atomic E-state index is 0.206. The molecule has 130 valence electrons. The lowest BCUT2D eigenvalue weighted by Gasteiger charge is -2.21. The Morgan fingerprint density at radius 3 is 2.42 bits per heavy atom. The van der Waals surface area contributed by atoms with Gasteiger partial charge in [0, 0.05) is 0 Å². The summed E-state index contributed by atoms with van der Waals surface area (Å²) in [6.45, 7) is 7.40. The Hall–Kier alpha value is -1.80. The van der Waals surface area contributed by atoms with Gasteiger partial charge < -0.3 is 9.64 Å². The first kappa shape index (κ1) is 18.5.